The molecule has 1 N–H and O–H groups in total. The van der Waals surface area contributed by atoms with Gasteiger partial charge in [-0.05, 0) is 29.6 Å². The van der Waals surface area contributed by atoms with E-state index in [0.717, 1.165) is 4.88 Å². The molecule has 0 spiro atoms. The molecule has 0 saturated carbocycles. The van der Waals surface area contributed by atoms with Crippen molar-refractivity contribution in [3.8, 4) is 16.3 Å². The van der Waals surface area contributed by atoms with Crippen LogP contribution in [0.4, 0.5) is 0 Å². The van der Waals surface area contributed by atoms with Gasteiger partial charge in [0.05, 0.1) is 28.8 Å². The maximum absolute atomic E-state index is 11.4. The molecule has 0 aliphatic rings. The second-order valence-electron chi connectivity index (χ2n) is 4.22. The van der Waals surface area contributed by atoms with Crippen molar-refractivity contribution >= 4 is 28.2 Å². The first-order valence-corrected chi connectivity index (χ1v) is 6.83. The summed E-state index contributed by atoms with van der Waals surface area (Å²) in [4.78, 5) is 16.9. The summed E-state index contributed by atoms with van der Waals surface area (Å²) in [5.41, 5.74) is 1.53. The van der Waals surface area contributed by atoms with E-state index >= 15 is 0 Å². The molecule has 0 radical (unpaired) electrons. The molecule has 100 valence electrons. The SMILES string of the molecule is COc1ccc2c(C(=O)O)cc(-c3cccs3)nc2c1. The van der Waals surface area contributed by atoms with Crippen LogP contribution < -0.4 is 4.74 Å². The molecule has 2 heterocycles. The van der Waals surface area contributed by atoms with Gasteiger partial charge in [0.1, 0.15) is 5.75 Å². The summed E-state index contributed by atoms with van der Waals surface area (Å²) in [7, 11) is 1.57. The van der Waals surface area contributed by atoms with Crippen molar-refractivity contribution in [3.05, 3.63) is 47.3 Å². The van der Waals surface area contributed by atoms with Crippen LogP contribution in [-0.2, 0) is 0 Å². The molecule has 3 rings (SSSR count). The van der Waals surface area contributed by atoms with E-state index in [2.05, 4.69) is 4.98 Å². The monoisotopic (exact) mass is 285 g/mol. The van der Waals surface area contributed by atoms with Gasteiger partial charge in [-0.1, -0.05) is 6.07 Å². The smallest absolute Gasteiger partial charge is 0.336 e. The van der Waals surface area contributed by atoms with E-state index in [-0.39, 0.29) is 5.56 Å². The molecule has 5 heteroatoms. The van der Waals surface area contributed by atoms with Crippen LogP contribution in [0.2, 0.25) is 0 Å². The second-order valence-corrected chi connectivity index (χ2v) is 5.17. The van der Waals surface area contributed by atoms with Gasteiger partial charge in [0.25, 0.3) is 0 Å². The maximum Gasteiger partial charge on any atom is 0.336 e. The van der Waals surface area contributed by atoms with Crippen molar-refractivity contribution in [2.45, 2.75) is 0 Å². The largest absolute Gasteiger partial charge is 0.497 e. The topological polar surface area (TPSA) is 59.4 Å². The number of carboxylic acid groups (broad SMARTS) is 1. The van der Waals surface area contributed by atoms with Crippen LogP contribution >= 0.6 is 11.3 Å². The lowest BCUT2D eigenvalue weighted by molar-refractivity contribution is 0.0699. The Labute approximate surface area is 119 Å². The average Bonchev–Trinajstić information content (AvgIpc) is 2.99. The summed E-state index contributed by atoms with van der Waals surface area (Å²) in [6.45, 7) is 0. The molecule has 0 saturated heterocycles. The summed E-state index contributed by atoms with van der Waals surface area (Å²) in [6, 6.07) is 10.7. The molecule has 0 bridgehead atoms. The number of rotatable bonds is 3. The summed E-state index contributed by atoms with van der Waals surface area (Å²) in [5.74, 6) is -0.301. The van der Waals surface area contributed by atoms with Crippen molar-refractivity contribution < 1.29 is 14.6 Å². The number of ether oxygens (including phenoxy) is 1. The zero-order valence-corrected chi connectivity index (χ0v) is 11.5. The first-order valence-electron chi connectivity index (χ1n) is 5.95. The highest BCUT2D eigenvalue weighted by molar-refractivity contribution is 7.13. The summed E-state index contributed by atoms with van der Waals surface area (Å²) in [5, 5.41) is 11.9. The van der Waals surface area contributed by atoms with Gasteiger partial charge >= 0.3 is 5.97 Å². The highest BCUT2D eigenvalue weighted by atomic mass is 32.1. The number of benzene rings is 1. The number of aromatic carboxylic acids is 1. The number of nitrogens with zero attached hydrogens (tertiary/aromatic N) is 1. The van der Waals surface area contributed by atoms with Gasteiger partial charge in [-0.15, -0.1) is 11.3 Å². The van der Waals surface area contributed by atoms with Gasteiger partial charge < -0.3 is 9.84 Å². The van der Waals surface area contributed by atoms with Crippen LogP contribution in [0, 0.1) is 0 Å². The molecular formula is C15H11NO3S. The van der Waals surface area contributed by atoms with E-state index in [9.17, 15) is 9.90 Å². The molecule has 0 atom stereocenters. The van der Waals surface area contributed by atoms with E-state index in [4.69, 9.17) is 4.74 Å². The number of thiophene rings is 1. The number of fused-ring (bicyclic) bond motifs is 1. The standard InChI is InChI=1S/C15H11NO3S/c1-19-9-4-5-10-11(15(17)18)8-13(16-12(10)7-9)14-3-2-6-20-14/h2-8H,1H3,(H,17,18). The maximum atomic E-state index is 11.4. The third-order valence-electron chi connectivity index (χ3n) is 3.02. The summed E-state index contributed by atoms with van der Waals surface area (Å²) < 4.78 is 5.17. The number of pyridine rings is 1. The number of carboxylic acids is 1. The molecule has 20 heavy (non-hydrogen) atoms. The highest BCUT2D eigenvalue weighted by Gasteiger charge is 2.13. The Morgan fingerprint density at radius 3 is 2.80 bits per heavy atom. The minimum absolute atomic E-state index is 0.251. The predicted octanol–water partition coefficient (Wildman–Crippen LogP) is 3.67. The number of methoxy groups -OCH3 is 1. The lowest BCUT2D eigenvalue weighted by Gasteiger charge is -2.07. The van der Waals surface area contributed by atoms with Gasteiger partial charge in [-0.25, -0.2) is 9.78 Å². The Bertz CT molecular complexity index is 781. The minimum Gasteiger partial charge on any atom is -0.497 e. The lowest BCUT2D eigenvalue weighted by Crippen LogP contribution is -2.00. The van der Waals surface area contributed by atoms with Crippen LogP contribution in [0.15, 0.2) is 41.8 Å². The molecule has 1 aromatic carbocycles. The number of carbonyl (C=O) groups is 1. The fourth-order valence-corrected chi connectivity index (χ4v) is 2.75. The number of hydrogen-bond acceptors (Lipinski definition) is 4. The van der Waals surface area contributed by atoms with E-state index in [0.29, 0.717) is 22.3 Å². The molecule has 2 aromatic heterocycles. The summed E-state index contributed by atoms with van der Waals surface area (Å²) >= 11 is 1.53. The zero-order chi connectivity index (χ0) is 14.1. The van der Waals surface area contributed by atoms with Crippen molar-refractivity contribution in [1.29, 1.82) is 0 Å². The van der Waals surface area contributed by atoms with E-state index in [1.54, 1.807) is 31.4 Å². The minimum atomic E-state index is -0.958. The number of hydrogen-bond donors (Lipinski definition) is 1. The predicted molar refractivity (Wildman–Crippen MR) is 78.6 cm³/mol. The van der Waals surface area contributed by atoms with Crippen molar-refractivity contribution in [2.75, 3.05) is 7.11 Å². The van der Waals surface area contributed by atoms with Crippen molar-refractivity contribution in [1.82, 2.24) is 4.98 Å². The molecule has 3 aromatic rings. The molecule has 0 aliphatic heterocycles. The van der Waals surface area contributed by atoms with Crippen LogP contribution in [-0.4, -0.2) is 23.2 Å². The molecule has 0 aliphatic carbocycles. The molecule has 4 nitrogen and oxygen atoms in total. The Balaban J connectivity index is 2.31. The highest BCUT2D eigenvalue weighted by Crippen LogP contribution is 2.29. The second kappa shape index (κ2) is 4.94. The third-order valence-corrected chi connectivity index (χ3v) is 3.91. The van der Waals surface area contributed by atoms with Gasteiger partial charge in [0, 0.05) is 11.5 Å². The molecular weight excluding hydrogens is 274 g/mol. The van der Waals surface area contributed by atoms with Gasteiger partial charge in [0.15, 0.2) is 0 Å². The molecule has 0 unspecified atom stereocenters. The van der Waals surface area contributed by atoms with Crippen LogP contribution in [0.5, 0.6) is 5.75 Å². The number of aromatic nitrogens is 1. The average molecular weight is 285 g/mol. The quantitative estimate of drug-likeness (QED) is 0.797. The Morgan fingerprint density at radius 1 is 1.30 bits per heavy atom. The van der Waals surface area contributed by atoms with Crippen molar-refractivity contribution in [3.63, 3.8) is 0 Å². The first-order chi connectivity index (χ1) is 9.69. The van der Waals surface area contributed by atoms with E-state index in [1.165, 1.54) is 11.3 Å². The van der Waals surface area contributed by atoms with Gasteiger partial charge in [-0.2, -0.15) is 0 Å². The fraction of sp³-hybridized carbons (Fsp3) is 0.0667. The van der Waals surface area contributed by atoms with E-state index in [1.807, 2.05) is 17.5 Å². The van der Waals surface area contributed by atoms with Crippen molar-refractivity contribution in [2.24, 2.45) is 0 Å². The molecule has 0 fully saturated rings. The van der Waals surface area contributed by atoms with Crippen LogP contribution in [0.3, 0.4) is 0 Å². The molecule has 0 amide bonds. The van der Waals surface area contributed by atoms with Gasteiger partial charge in [-0.3, -0.25) is 0 Å². The van der Waals surface area contributed by atoms with E-state index < -0.39 is 5.97 Å². The normalized spacial score (nSPS) is 10.7. The Kier molecular flexibility index (Phi) is 3.12. The zero-order valence-electron chi connectivity index (χ0n) is 10.7. The fourth-order valence-electron chi connectivity index (χ4n) is 2.06. The first kappa shape index (κ1) is 12.6. The van der Waals surface area contributed by atoms with Crippen LogP contribution in [0.1, 0.15) is 10.4 Å². The lowest BCUT2D eigenvalue weighted by atomic mass is 10.1. The third kappa shape index (κ3) is 2.12. The van der Waals surface area contributed by atoms with Gasteiger partial charge in [0.2, 0.25) is 0 Å². The van der Waals surface area contributed by atoms with Crippen LogP contribution in [0.25, 0.3) is 21.5 Å². The Hall–Kier alpha value is -2.40. The summed E-state index contributed by atoms with van der Waals surface area (Å²) in [6.07, 6.45) is 0. The Morgan fingerprint density at radius 2 is 2.15 bits per heavy atom.